The molecule has 3 aromatic rings. The van der Waals surface area contributed by atoms with Gasteiger partial charge in [-0.25, -0.2) is 4.39 Å². The minimum atomic E-state index is -0.571. The number of rotatable bonds is 5. The number of nitrogens with zero attached hydrogens (tertiary/aromatic N) is 1. The molecule has 0 fully saturated rings. The Morgan fingerprint density at radius 1 is 1.00 bits per heavy atom. The molecular weight excluding hydrogens is 347 g/mol. The van der Waals surface area contributed by atoms with E-state index in [1.807, 2.05) is 0 Å². The number of ketones is 1. The molecule has 5 nitrogen and oxygen atoms in total. The van der Waals surface area contributed by atoms with Gasteiger partial charge in [0.05, 0.1) is 6.54 Å². The van der Waals surface area contributed by atoms with E-state index in [0.29, 0.717) is 16.8 Å². The van der Waals surface area contributed by atoms with Gasteiger partial charge in [-0.05, 0) is 49.4 Å². The second-order valence-electron chi connectivity index (χ2n) is 6.03. The standard InChI is InChI=1S/C21H17FN2O3/c1-14(25)15-8-10-17(11-9-15)23-20(26)18-6-4-12-24(21(18)27)13-16-5-2-3-7-19(16)22/h2-12H,13H2,1H3,(H,23,26). The maximum Gasteiger partial charge on any atom is 0.263 e. The van der Waals surface area contributed by atoms with Gasteiger partial charge in [-0.3, -0.25) is 14.4 Å². The van der Waals surface area contributed by atoms with Crippen LogP contribution in [0.1, 0.15) is 33.2 Å². The first-order valence-corrected chi connectivity index (χ1v) is 8.31. The lowest BCUT2D eigenvalue weighted by atomic mass is 10.1. The Kier molecular flexibility index (Phi) is 5.26. The molecule has 2 aromatic carbocycles. The highest BCUT2D eigenvalue weighted by Gasteiger charge is 2.13. The highest BCUT2D eigenvalue weighted by atomic mass is 19.1. The number of nitrogens with one attached hydrogen (secondary N) is 1. The van der Waals surface area contributed by atoms with Crippen LogP contribution in [0.2, 0.25) is 0 Å². The van der Waals surface area contributed by atoms with Crippen molar-refractivity contribution >= 4 is 17.4 Å². The van der Waals surface area contributed by atoms with Crippen LogP contribution in [0.4, 0.5) is 10.1 Å². The molecule has 0 aliphatic heterocycles. The Labute approximate surface area is 155 Å². The number of carbonyl (C=O) groups excluding carboxylic acids is 2. The number of benzene rings is 2. The van der Waals surface area contributed by atoms with Gasteiger partial charge in [-0.1, -0.05) is 18.2 Å². The number of hydrogen-bond acceptors (Lipinski definition) is 3. The summed E-state index contributed by atoms with van der Waals surface area (Å²) in [6.07, 6.45) is 1.51. The lowest BCUT2D eigenvalue weighted by Crippen LogP contribution is -2.29. The molecule has 0 saturated heterocycles. The van der Waals surface area contributed by atoms with Crippen LogP contribution in [0.5, 0.6) is 0 Å². The fourth-order valence-corrected chi connectivity index (χ4v) is 2.63. The highest BCUT2D eigenvalue weighted by Crippen LogP contribution is 2.12. The van der Waals surface area contributed by atoms with E-state index in [1.54, 1.807) is 48.5 Å². The maximum absolute atomic E-state index is 13.8. The normalized spacial score (nSPS) is 10.4. The molecule has 1 N–H and O–H groups in total. The molecule has 1 heterocycles. The smallest absolute Gasteiger partial charge is 0.263 e. The van der Waals surface area contributed by atoms with Gasteiger partial charge >= 0.3 is 0 Å². The van der Waals surface area contributed by atoms with Crippen LogP contribution >= 0.6 is 0 Å². The third-order valence-corrected chi connectivity index (χ3v) is 4.11. The average molecular weight is 364 g/mol. The van der Waals surface area contributed by atoms with Crippen molar-refractivity contribution in [2.24, 2.45) is 0 Å². The molecule has 0 radical (unpaired) electrons. The average Bonchev–Trinajstić information content (AvgIpc) is 2.65. The molecule has 0 unspecified atom stereocenters. The third kappa shape index (κ3) is 4.17. The molecule has 0 aliphatic carbocycles. The number of aromatic nitrogens is 1. The molecule has 3 rings (SSSR count). The summed E-state index contributed by atoms with van der Waals surface area (Å²) in [5, 5.41) is 2.63. The van der Waals surface area contributed by atoms with Crippen molar-refractivity contribution in [3.05, 3.63) is 99.7 Å². The first kappa shape index (κ1) is 18.3. The van der Waals surface area contributed by atoms with Crippen LogP contribution in [0.25, 0.3) is 0 Å². The summed E-state index contributed by atoms with van der Waals surface area (Å²) in [6, 6.07) is 15.5. The number of hydrogen-bond donors (Lipinski definition) is 1. The van der Waals surface area contributed by atoms with E-state index in [2.05, 4.69) is 5.32 Å². The van der Waals surface area contributed by atoms with Crippen molar-refractivity contribution in [2.45, 2.75) is 13.5 Å². The van der Waals surface area contributed by atoms with Gasteiger partial charge < -0.3 is 9.88 Å². The Hall–Kier alpha value is -3.54. The Bertz CT molecular complexity index is 1060. The van der Waals surface area contributed by atoms with E-state index >= 15 is 0 Å². The van der Waals surface area contributed by atoms with Gasteiger partial charge in [0.2, 0.25) is 0 Å². The van der Waals surface area contributed by atoms with Gasteiger partial charge in [0.15, 0.2) is 5.78 Å². The highest BCUT2D eigenvalue weighted by molar-refractivity contribution is 6.04. The van der Waals surface area contributed by atoms with E-state index in [4.69, 9.17) is 0 Å². The minimum Gasteiger partial charge on any atom is -0.322 e. The largest absolute Gasteiger partial charge is 0.322 e. The molecule has 27 heavy (non-hydrogen) atoms. The number of pyridine rings is 1. The summed E-state index contributed by atoms with van der Waals surface area (Å²) < 4.78 is 15.1. The predicted octanol–water partition coefficient (Wildman–Crippen LogP) is 3.49. The number of halogens is 1. The first-order valence-electron chi connectivity index (χ1n) is 8.31. The van der Waals surface area contributed by atoms with Crippen LogP contribution in [0, 0.1) is 5.82 Å². The quantitative estimate of drug-likeness (QED) is 0.705. The molecule has 1 aromatic heterocycles. The lowest BCUT2D eigenvalue weighted by molar-refractivity contribution is 0.101. The molecule has 0 bridgehead atoms. The fourth-order valence-electron chi connectivity index (χ4n) is 2.63. The molecule has 0 spiro atoms. The first-order chi connectivity index (χ1) is 13.0. The van der Waals surface area contributed by atoms with Crippen LogP contribution in [-0.4, -0.2) is 16.3 Å². The number of carbonyl (C=O) groups is 2. The van der Waals surface area contributed by atoms with Gasteiger partial charge in [-0.2, -0.15) is 0 Å². The molecular formula is C21H17FN2O3. The van der Waals surface area contributed by atoms with E-state index in [1.165, 1.54) is 29.8 Å². The lowest BCUT2D eigenvalue weighted by Gasteiger charge is -2.10. The zero-order valence-electron chi connectivity index (χ0n) is 14.6. The van der Waals surface area contributed by atoms with Crippen molar-refractivity contribution in [1.82, 2.24) is 4.57 Å². The number of Topliss-reactive ketones (excluding diaryl/α,β-unsaturated/α-hetero) is 1. The predicted molar refractivity (Wildman–Crippen MR) is 101 cm³/mol. The van der Waals surface area contributed by atoms with Crippen LogP contribution in [0.3, 0.4) is 0 Å². The Morgan fingerprint density at radius 2 is 1.70 bits per heavy atom. The monoisotopic (exact) mass is 364 g/mol. The van der Waals surface area contributed by atoms with Crippen molar-refractivity contribution in [3.8, 4) is 0 Å². The maximum atomic E-state index is 13.8. The SMILES string of the molecule is CC(=O)c1ccc(NC(=O)c2cccn(Cc3ccccc3F)c2=O)cc1. The van der Waals surface area contributed by atoms with Crippen LogP contribution < -0.4 is 10.9 Å². The number of amides is 1. The topological polar surface area (TPSA) is 68.2 Å². The summed E-state index contributed by atoms with van der Waals surface area (Å²) >= 11 is 0. The van der Waals surface area contributed by atoms with Gasteiger partial charge in [0.1, 0.15) is 11.4 Å². The zero-order valence-corrected chi connectivity index (χ0v) is 14.6. The van der Waals surface area contributed by atoms with E-state index < -0.39 is 17.3 Å². The molecule has 0 atom stereocenters. The summed E-state index contributed by atoms with van der Waals surface area (Å²) in [5.41, 5.74) is 0.786. The summed E-state index contributed by atoms with van der Waals surface area (Å²) in [7, 11) is 0. The third-order valence-electron chi connectivity index (χ3n) is 4.11. The van der Waals surface area contributed by atoms with Crippen molar-refractivity contribution in [2.75, 3.05) is 5.32 Å². The van der Waals surface area contributed by atoms with Crippen molar-refractivity contribution in [1.29, 1.82) is 0 Å². The second-order valence-corrected chi connectivity index (χ2v) is 6.03. The van der Waals surface area contributed by atoms with Crippen LogP contribution in [-0.2, 0) is 6.54 Å². The van der Waals surface area contributed by atoms with Gasteiger partial charge in [0, 0.05) is 23.0 Å². The van der Waals surface area contributed by atoms with Gasteiger partial charge in [0.25, 0.3) is 11.5 Å². The second kappa shape index (κ2) is 7.78. The van der Waals surface area contributed by atoms with Crippen LogP contribution in [0.15, 0.2) is 71.7 Å². The zero-order chi connectivity index (χ0) is 19.4. The van der Waals surface area contributed by atoms with Crippen molar-refractivity contribution < 1.29 is 14.0 Å². The molecule has 0 aliphatic rings. The summed E-state index contributed by atoms with van der Waals surface area (Å²) in [5.74, 6) is -1.06. The van der Waals surface area contributed by atoms with Crippen molar-refractivity contribution in [3.63, 3.8) is 0 Å². The van der Waals surface area contributed by atoms with E-state index in [9.17, 15) is 18.8 Å². The Morgan fingerprint density at radius 3 is 2.37 bits per heavy atom. The molecule has 136 valence electrons. The van der Waals surface area contributed by atoms with E-state index in [-0.39, 0.29) is 17.9 Å². The molecule has 0 saturated carbocycles. The molecule has 6 heteroatoms. The summed E-state index contributed by atoms with van der Waals surface area (Å²) in [4.78, 5) is 36.4. The molecule has 1 amide bonds. The fraction of sp³-hybridized carbons (Fsp3) is 0.0952. The Balaban J connectivity index is 1.82. The van der Waals surface area contributed by atoms with E-state index in [0.717, 1.165) is 0 Å². The minimum absolute atomic E-state index is 0.0277. The number of anilines is 1. The van der Waals surface area contributed by atoms with Gasteiger partial charge in [-0.15, -0.1) is 0 Å². The summed E-state index contributed by atoms with van der Waals surface area (Å²) in [6.45, 7) is 1.48.